The summed E-state index contributed by atoms with van der Waals surface area (Å²) in [5.41, 5.74) is -0.140. The third-order valence-electron chi connectivity index (χ3n) is 2.90. The summed E-state index contributed by atoms with van der Waals surface area (Å²) < 4.78 is 42.6. The molecule has 0 amide bonds. The Kier molecular flexibility index (Phi) is 8.35. The fourth-order valence-electron chi connectivity index (χ4n) is 1.75. The molecule has 2 N–H and O–H groups in total. The Hall–Kier alpha value is -1.63. The Bertz CT molecular complexity index is 708. The number of methoxy groups -OCH3 is 1. The number of hydrogen-bond acceptors (Lipinski definition) is 5. The Balaban J connectivity index is 0.00000312. The van der Waals surface area contributed by atoms with Crippen LogP contribution in [0.1, 0.15) is 16.4 Å². The molecule has 0 radical (unpaired) electrons. The molecule has 0 fully saturated rings. The van der Waals surface area contributed by atoms with Gasteiger partial charge >= 0.3 is 6.18 Å². The minimum absolute atomic E-state index is 0. The van der Waals surface area contributed by atoms with E-state index >= 15 is 0 Å². The predicted octanol–water partition coefficient (Wildman–Crippen LogP) is 3.05. The first-order valence-corrected chi connectivity index (χ1v) is 7.76. The SMILES string of the molecule is CN=C(NCc1cccc(OC)n1)NCc1nc(C(F)(F)F)cs1.I. The lowest BCUT2D eigenvalue weighted by Crippen LogP contribution is -2.36. The highest BCUT2D eigenvalue weighted by Crippen LogP contribution is 2.29. The van der Waals surface area contributed by atoms with Gasteiger partial charge in [0.1, 0.15) is 5.01 Å². The molecule has 2 heterocycles. The van der Waals surface area contributed by atoms with Crippen LogP contribution in [0.4, 0.5) is 13.2 Å². The van der Waals surface area contributed by atoms with Gasteiger partial charge in [0, 0.05) is 18.5 Å². The molecule has 0 aliphatic rings. The standard InChI is InChI=1S/C14H16F3N5OS.HI/c1-18-13(19-6-9-4-3-5-11(21-9)23-2)20-7-12-22-10(8-24-12)14(15,16)17;/h3-5,8H,6-7H2,1-2H3,(H2,18,19,20);1H. The lowest BCUT2D eigenvalue weighted by molar-refractivity contribution is -0.140. The van der Waals surface area contributed by atoms with Crippen molar-refractivity contribution < 1.29 is 17.9 Å². The number of alkyl halides is 3. The quantitative estimate of drug-likeness (QED) is 0.386. The van der Waals surface area contributed by atoms with Crippen LogP contribution in [0.2, 0.25) is 0 Å². The van der Waals surface area contributed by atoms with Gasteiger partial charge in [0.05, 0.1) is 25.9 Å². The number of ether oxygens (including phenoxy) is 1. The highest BCUT2D eigenvalue weighted by atomic mass is 127. The number of aliphatic imine (C=N–C) groups is 1. The van der Waals surface area contributed by atoms with Gasteiger partial charge in [-0.3, -0.25) is 4.99 Å². The van der Waals surface area contributed by atoms with Crippen LogP contribution >= 0.6 is 35.3 Å². The van der Waals surface area contributed by atoms with Gasteiger partial charge in [-0.2, -0.15) is 13.2 Å². The van der Waals surface area contributed by atoms with Crippen LogP contribution in [0, 0.1) is 0 Å². The molecule has 0 bridgehead atoms. The third kappa shape index (κ3) is 6.65. The summed E-state index contributed by atoms with van der Waals surface area (Å²) in [4.78, 5) is 11.8. The van der Waals surface area contributed by atoms with E-state index in [0.717, 1.165) is 22.4 Å². The van der Waals surface area contributed by atoms with Crippen molar-refractivity contribution in [3.05, 3.63) is 40.0 Å². The second-order valence-corrected chi connectivity index (χ2v) is 5.52. The van der Waals surface area contributed by atoms with E-state index in [0.29, 0.717) is 23.4 Å². The predicted molar refractivity (Wildman–Crippen MR) is 100 cm³/mol. The van der Waals surface area contributed by atoms with Crippen molar-refractivity contribution in [2.45, 2.75) is 19.3 Å². The number of hydrogen-bond donors (Lipinski definition) is 2. The topological polar surface area (TPSA) is 71.4 Å². The maximum absolute atomic E-state index is 12.5. The summed E-state index contributed by atoms with van der Waals surface area (Å²) in [6, 6.07) is 5.36. The molecule has 0 unspecified atom stereocenters. The largest absolute Gasteiger partial charge is 0.481 e. The second-order valence-electron chi connectivity index (χ2n) is 4.57. The van der Waals surface area contributed by atoms with Gasteiger partial charge < -0.3 is 15.4 Å². The van der Waals surface area contributed by atoms with Gasteiger partial charge in [0.25, 0.3) is 0 Å². The zero-order chi connectivity index (χ0) is 17.6. The van der Waals surface area contributed by atoms with E-state index in [1.807, 2.05) is 12.1 Å². The lowest BCUT2D eigenvalue weighted by atomic mass is 10.3. The molecule has 0 saturated carbocycles. The van der Waals surface area contributed by atoms with Gasteiger partial charge in [-0.15, -0.1) is 35.3 Å². The van der Waals surface area contributed by atoms with Crippen molar-refractivity contribution in [1.29, 1.82) is 0 Å². The summed E-state index contributed by atoms with van der Waals surface area (Å²) >= 11 is 0.943. The number of aromatic nitrogens is 2. The lowest BCUT2D eigenvalue weighted by Gasteiger charge is -2.11. The van der Waals surface area contributed by atoms with Crippen LogP contribution in [0.15, 0.2) is 28.6 Å². The summed E-state index contributed by atoms with van der Waals surface area (Å²) in [6.45, 7) is 0.536. The van der Waals surface area contributed by atoms with Crippen molar-refractivity contribution in [2.24, 2.45) is 4.99 Å². The summed E-state index contributed by atoms with van der Waals surface area (Å²) in [5.74, 6) is 0.933. The minimum atomic E-state index is -4.42. The van der Waals surface area contributed by atoms with Gasteiger partial charge in [0.15, 0.2) is 11.7 Å². The van der Waals surface area contributed by atoms with Crippen LogP contribution in [0.3, 0.4) is 0 Å². The van der Waals surface area contributed by atoms with Gasteiger partial charge in [-0.05, 0) is 6.07 Å². The molecule has 2 rings (SSSR count). The monoisotopic (exact) mass is 487 g/mol. The van der Waals surface area contributed by atoms with Crippen molar-refractivity contribution >= 4 is 41.3 Å². The van der Waals surface area contributed by atoms with Crippen LogP contribution < -0.4 is 15.4 Å². The average molecular weight is 487 g/mol. The molecule has 0 aromatic carbocycles. The molecule has 25 heavy (non-hydrogen) atoms. The fourth-order valence-corrected chi connectivity index (χ4v) is 2.49. The van der Waals surface area contributed by atoms with E-state index in [1.165, 1.54) is 7.11 Å². The molecule has 0 saturated heterocycles. The highest BCUT2D eigenvalue weighted by molar-refractivity contribution is 14.0. The first-order valence-electron chi connectivity index (χ1n) is 6.88. The Morgan fingerprint density at radius 1 is 1.24 bits per heavy atom. The van der Waals surface area contributed by atoms with Crippen molar-refractivity contribution in [2.75, 3.05) is 14.2 Å². The first kappa shape index (κ1) is 21.4. The number of halogens is 4. The van der Waals surface area contributed by atoms with Crippen molar-refractivity contribution in [3.8, 4) is 5.88 Å². The Morgan fingerprint density at radius 2 is 1.96 bits per heavy atom. The molecule has 2 aromatic rings. The molecule has 2 aromatic heterocycles. The Labute approximate surface area is 164 Å². The summed E-state index contributed by atoms with van der Waals surface area (Å²) in [5, 5.41) is 7.25. The molecule has 6 nitrogen and oxygen atoms in total. The second kappa shape index (κ2) is 9.75. The number of guanidine groups is 1. The van der Waals surface area contributed by atoms with Crippen LogP contribution in [0.25, 0.3) is 0 Å². The smallest absolute Gasteiger partial charge is 0.434 e. The van der Waals surface area contributed by atoms with Gasteiger partial charge in [-0.1, -0.05) is 6.07 Å². The first-order chi connectivity index (χ1) is 11.4. The van der Waals surface area contributed by atoms with E-state index in [2.05, 4.69) is 25.6 Å². The zero-order valence-electron chi connectivity index (χ0n) is 13.4. The molecule has 138 valence electrons. The molecular formula is C14H17F3IN5OS. The van der Waals surface area contributed by atoms with Crippen molar-refractivity contribution in [3.63, 3.8) is 0 Å². The molecule has 0 atom stereocenters. The maximum Gasteiger partial charge on any atom is 0.434 e. The van der Waals surface area contributed by atoms with Crippen LogP contribution in [-0.4, -0.2) is 30.1 Å². The highest BCUT2D eigenvalue weighted by Gasteiger charge is 2.33. The van der Waals surface area contributed by atoms with E-state index in [-0.39, 0.29) is 30.5 Å². The minimum Gasteiger partial charge on any atom is -0.481 e. The van der Waals surface area contributed by atoms with Gasteiger partial charge in [-0.25, -0.2) is 9.97 Å². The van der Waals surface area contributed by atoms with E-state index in [4.69, 9.17) is 4.74 Å². The summed E-state index contributed by atoms with van der Waals surface area (Å²) in [6.07, 6.45) is -4.42. The fraction of sp³-hybridized carbons (Fsp3) is 0.357. The molecule has 0 aliphatic heterocycles. The summed E-state index contributed by atoms with van der Waals surface area (Å²) in [7, 11) is 3.10. The number of nitrogens with one attached hydrogen (secondary N) is 2. The Morgan fingerprint density at radius 3 is 2.56 bits per heavy atom. The van der Waals surface area contributed by atoms with Gasteiger partial charge in [0.2, 0.25) is 5.88 Å². The molecular weight excluding hydrogens is 470 g/mol. The van der Waals surface area contributed by atoms with E-state index in [1.54, 1.807) is 13.1 Å². The molecule has 0 spiro atoms. The zero-order valence-corrected chi connectivity index (χ0v) is 16.6. The normalized spacial score (nSPS) is 11.6. The van der Waals surface area contributed by atoms with E-state index in [9.17, 15) is 13.2 Å². The molecule has 0 aliphatic carbocycles. The number of thiazole rings is 1. The number of rotatable bonds is 5. The average Bonchev–Trinajstić information content (AvgIpc) is 3.04. The van der Waals surface area contributed by atoms with Crippen LogP contribution in [0.5, 0.6) is 5.88 Å². The number of pyridine rings is 1. The maximum atomic E-state index is 12.5. The number of nitrogens with zero attached hydrogens (tertiary/aromatic N) is 3. The van der Waals surface area contributed by atoms with Crippen molar-refractivity contribution in [1.82, 2.24) is 20.6 Å². The third-order valence-corrected chi connectivity index (χ3v) is 3.75. The molecule has 11 heteroatoms. The van der Waals surface area contributed by atoms with Crippen LogP contribution in [-0.2, 0) is 19.3 Å². The van der Waals surface area contributed by atoms with E-state index < -0.39 is 11.9 Å².